The van der Waals surface area contributed by atoms with E-state index in [0.717, 1.165) is 6.42 Å². The lowest BCUT2D eigenvalue weighted by molar-refractivity contribution is -0.120. The van der Waals surface area contributed by atoms with E-state index >= 15 is 0 Å². The SMILES string of the molecule is CC[C@H](C)NC(=O)c1ccccc1NC(=O)C1CCN(S(=O)(=O)Cc2c(Cl)cccc2Cl)CC1. The normalized spacial score (nSPS) is 16.1. The van der Waals surface area contributed by atoms with Crippen LogP contribution in [-0.2, 0) is 20.6 Å². The minimum Gasteiger partial charge on any atom is -0.350 e. The molecule has 2 aromatic rings. The molecule has 1 heterocycles. The molecule has 1 atom stereocenters. The third-order valence-corrected chi connectivity index (χ3v) is 8.54. The van der Waals surface area contributed by atoms with Gasteiger partial charge in [0.05, 0.1) is 17.0 Å². The summed E-state index contributed by atoms with van der Waals surface area (Å²) in [7, 11) is -3.64. The van der Waals surface area contributed by atoms with Gasteiger partial charge in [0.15, 0.2) is 0 Å². The largest absolute Gasteiger partial charge is 0.350 e. The minimum atomic E-state index is -3.64. The van der Waals surface area contributed by atoms with E-state index in [-0.39, 0.29) is 42.6 Å². The first kappa shape index (κ1) is 26.5. The fraction of sp³-hybridized carbons (Fsp3) is 0.417. The molecule has 0 aliphatic carbocycles. The molecular formula is C24H29Cl2N3O4S. The number of carbonyl (C=O) groups is 2. The highest BCUT2D eigenvalue weighted by molar-refractivity contribution is 7.88. The number of sulfonamides is 1. The number of piperidine rings is 1. The molecule has 1 aliphatic heterocycles. The van der Waals surface area contributed by atoms with Gasteiger partial charge < -0.3 is 10.6 Å². The Bertz CT molecular complexity index is 1130. The number of anilines is 1. The smallest absolute Gasteiger partial charge is 0.253 e. The number of amides is 2. The monoisotopic (exact) mass is 525 g/mol. The highest BCUT2D eigenvalue weighted by Gasteiger charge is 2.32. The maximum absolute atomic E-state index is 12.9. The molecule has 10 heteroatoms. The van der Waals surface area contributed by atoms with Gasteiger partial charge in [0.2, 0.25) is 15.9 Å². The van der Waals surface area contributed by atoms with E-state index < -0.39 is 10.0 Å². The molecule has 2 N–H and O–H groups in total. The second kappa shape index (κ2) is 11.5. The molecule has 1 aliphatic rings. The van der Waals surface area contributed by atoms with E-state index in [9.17, 15) is 18.0 Å². The molecule has 0 unspecified atom stereocenters. The van der Waals surface area contributed by atoms with Crippen molar-refractivity contribution < 1.29 is 18.0 Å². The highest BCUT2D eigenvalue weighted by Crippen LogP contribution is 2.29. The van der Waals surface area contributed by atoms with Crippen molar-refractivity contribution in [3.05, 3.63) is 63.6 Å². The lowest BCUT2D eigenvalue weighted by Crippen LogP contribution is -2.42. The van der Waals surface area contributed by atoms with Gasteiger partial charge in [-0.2, -0.15) is 0 Å². The zero-order valence-electron chi connectivity index (χ0n) is 19.2. The van der Waals surface area contributed by atoms with Gasteiger partial charge in [-0.25, -0.2) is 12.7 Å². The predicted molar refractivity (Wildman–Crippen MR) is 136 cm³/mol. The Morgan fingerprint density at radius 2 is 1.68 bits per heavy atom. The summed E-state index contributed by atoms with van der Waals surface area (Å²) in [5, 5.41) is 6.38. The average molecular weight is 526 g/mol. The van der Waals surface area contributed by atoms with Crippen molar-refractivity contribution in [3.8, 4) is 0 Å². The quantitative estimate of drug-likeness (QED) is 0.521. The van der Waals surface area contributed by atoms with Crippen molar-refractivity contribution in [3.63, 3.8) is 0 Å². The van der Waals surface area contributed by atoms with Crippen LogP contribution < -0.4 is 10.6 Å². The van der Waals surface area contributed by atoms with E-state index in [4.69, 9.17) is 23.2 Å². The van der Waals surface area contributed by atoms with Gasteiger partial charge in [-0.1, -0.05) is 48.3 Å². The zero-order valence-corrected chi connectivity index (χ0v) is 21.5. The number of hydrogen-bond acceptors (Lipinski definition) is 4. The van der Waals surface area contributed by atoms with Gasteiger partial charge in [0.1, 0.15) is 0 Å². The second-order valence-electron chi connectivity index (χ2n) is 8.45. The third-order valence-electron chi connectivity index (χ3n) is 6.03. The molecule has 7 nitrogen and oxygen atoms in total. The lowest BCUT2D eigenvalue weighted by Gasteiger charge is -2.31. The molecule has 0 saturated carbocycles. The number of nitrogens with zero attached hydrogens (tertiary/aromatic N) is 1. The summed E-state index contributed by atoms with van der Waals surface area (Å²) < 4.78 is 27.2. The van der Waals surface area contributed by atoms with Crippen LogP contribution in [0.15, 0.2) is 42.5 Å². The summed E-state index contributed by atoms with van der Waals surface area (Å²) in [6.45, 7) is 4.34. The van der Waals surface area contributed by atoms with E-state index in [0.29, 0.717) is 39.7 Å². The fourth-order valence-electron chi connectivity index (χ4n) is 3.77. The van der Waals surface area contributed by atoms with Crippen molar-refractivity contribution >= 4 is 50.7 Å². The molecule has 0 aromatic heterocycles. The molecular weight excluding hydrogens is 497 g/mol. The molecule has 0 radical (unpaired) electrons. The molecule has 3 rings (SSSR count). The number of carbonyl (C=O) groups excluding carboxylic acids is 2. The van der Waals surface area contributed by atoms with Crippen LogP contribution >= 0.6 is 23.2 Å². The Labute approximate surface area is 210 Å². The van der Waals surface area contributed by atoms with Crippen LogP contribution in [0, 0.1) is 5.92 Å². The number of para-hydroxylation sites is 1. The molecule has 184 valence electrons. The maximum atomic E-state index is 12.9. The van der Waals surface area contributed by atoms with Gasteiger partial charge in [-0.05, 0) is 50.5 Å². The molecule has 1 fully saturated rings. The van der Waals surface area contributed by atoms with Gasteiger partial charge >= 0.3 is 0 Å². The fourth-order valence-corrected chi connectivity index (χ4v) is 6.08. The van der Waals surface area contributed by atoms with Crippen molar-refractivity contribution in [2.45, 2.75) is 44.9 Å². The maximum Gasteiger partial charge on any atom is 0.253 e. The van der Waals surface area contributed by atoms with Crippen molar-refractivity contribution in [1.82, 2.24) is 9.62 Å². The Hall–Kier alpha value is -2.13. The molecule has 2 aromatic carbocycles. The first-order chi connectivity index (χ1) is 16.1. The van der Waals surface area contributed by atoms with Crippen LogP contribution in [0.1, 0.15) is 49.0 Å². The molecule has 0 spiro atoms. The Balaban J connectivity index is 1.62. The van der Waals surface area contributed by atoms with Gasteiger partial charge in [-0.15, -0.1) is 0 Å². The predicted octanol–water partition coefficient (Wildman–Crippen LogP) is 4.70. The van der Waals surface area contributed by atoms with E-state index in [1.54, 1.807) is 42.5 Å². The average Bonchev–Trinajstić information content (AvgIpc) is 2.81. The Morgan fingerprint density at radius 1 is 1.06 bits per heavy atom. The van der Waals surface area contributed by atoms with Gasteiger partial charge in [-0.3, -0.25) is 9.59 Å². The molecule has 34 heavy (non-hydrogen) atoms. The summed E-state index contributed by atoms with van der Waals surface area (Å²) in [6, 6.07) is 11.8. The summed E-state index contributed by atoms with van der Waals surface area (Å²) >= 11 is 12.3. The van der Waals surface area contributed by atoms with Crippen molar-refractivity contribution in [2.24, 2.45) is 5.92 Å². The van der Waals surface area contributed by atoms with Crippen LogP contribution in [0.5, 0.6) is 0 Å². The Morgan fingerprint density at radius 3 is 2.29 bits per heavy atom. The summed E-state index contributed by atoms with van der Waals surface area (Å²) in [4.78, 5) is 25.5. The number of rotatable bonds is 8. The van der Waals surface area contributed by atoms with Crippen molar-refractivity contribution in [1.29, 1.82) is 0 Å². The van der Waals surface area contributed by atoms with Crippen LogP contribution in [0.2, 0.25) is 10.0 Å². The van der Waals surface area contributed by atoms with Gasteiger partial charge in [0, 0.05) is 40.7 Å². The van der Waals surface area contributed by atoms with Crippen LogP contribution in [-0.4, -0.2) is 43.7 Å². The minimum absolute atomic E-state index is 0.0168. The van der Waals surface area contributed by atoms with E-state index in [1.807, 2.05) is 13.8 Å². The molecule has 1 saturated heterocycles. The summed E-state index contributed by atoms with van der Waals surface area (Å²) in [5.74, 6) is -1.12. The number of hydrogen-bond donors (Lipinski definition) is 2. The number of benzene rings is 2. The lowest BCUT2D eigenvalue weighted by atomic mass is 9.97. The third kappa shape index (κ3) is 6.50. The number of halogens is 2. The topological polar surface area (TPSA) is 95.6 Å². The Kier molecular flexibility index (Phi) is 8.98. The van der Waals surface area contributed by atoms with Gasteiger partial charge in [0.25, 0.3) is 5.91 Å². The summed E-state index contributed by atoms with van der Waals surface area (Å²) in [6.07, 6.45) is 1.55. The zero-order chi connectivity index (χ0) is 24.9. The van der Waals surface area contributed by atoms with Crippen LogP contribution in [0.4, 0.5) is 5.69 Å². The van der Waals surface area contributed by atoms with E-state index in [1.165, 1.54) is 4.31 Å². The van der Waals surface area contributed by atoms with E-state index in [2.05, 4.69) is 10.6 Å². The highest BCUT2D eigenvalue weighted by atomic mass is 35.5. The first-order valence-corrected chi connectivity index (χ1v) is 13.6. The van der Waals surface area contributed by atoms with Crippen LogP contribution in [0.25, 0.3) is 0 Å². The second-order valence-corrected chi connectivity index (χ2v) is 11.2. The van der Waals surface area contributed by atoms with Crippen LogP contribution in [0.3, 0.4) is 0 Å². The standard InChI is InChI=1S/C24H29Cl2N3O4S/c1-3-16(2)27-24(31)18-7-4-5-10-22(18)28-23(30)17-11-13-29(14-12-17)34(32,33)15-19-20(25)8-6-9-21(19)26/h4-10,16-17H,3,11-15H2,1-2H3,(H,27,31)(H,28,30)/t16-/m0/s1. The number of nitrogens with one attached hydrogen (secondary N) is 2. The molecule has 0 bridgehead atoms. The summed E-state index contributed by atoms with van der Waals surface area (Å²) in [5.41, 5.74) is 1.21. The first-order valence-electron chi connectivity index (χ1n) is 11.2. The van der Waals surface area contributed by atoms with Crippen molar-refractivity contribution in [2.75, 3.05) is 18.4 Å². The molecule has 2 amide bonds.